The lowest BCUT2D eigenvalue weighted by Gasteiger charge is -2.11. The Morgan fingerprint density at radius 2 is 2.10 bits per heavy atom. The molecule has 10 heteroatoms. The topological polar surface area (TPSA) is 88.3 Å². The van der Waals surface area contributed by atoms with Gasteiger partial charge in [0.05, 0.1) is 46.6 Å². The van der Waals surface area contributed by atoms with Crippen LogP contribution in [0.4, 0.5) is 18.9 Å². The first-order valence-electron chi connectivity index (χ1n) is 8.82. The van der Waals surface area contributed by atoms with Crippen LogP contribution in [0, 0.1) is 5.82 Å². The smallest absolute Gasteiger partial charge is 0.387 e. The Kier molecular flexibility index (Phi) is 4.90. The Labute approximate surface area is 168 Å². The molecule has 0 saturated carbocycles. The average Bonchev–Trinajstić information content (AvgIpc) is 3.22. The second-order valence-corrected chi connectivity index (χ2v) is 6.52. The molecule has 3 heterocycles. The van der Waals surface area contributed by atoms with E-state index in [4.69, 9.17) is 0 Å². The zero-order chi connectivity index (χ0) is 21.4. The third-order valence-corrected chi connectivity index (χ3v) is 4.46. The van der Waals surface area contributed by atoms with Crippen LogP contribution in [0.2, 0.25) is 0 Å². The summed E-state index contributed by atoms with van der Waals surface area (Å²) < 4.78 is 46.0. The highest BCUT2D eigenvalue weighted by atomic mass is 19.3. The summed E-state index contributed by atoms with van der Waals surface area (Å²) in [4.78, 5) is 11.4. The minimum atomic E-state index is -3.12. The predicted molar refractivity (Wildman–Crippen MR) is 105 cm³/mol. The fourth-order valence-electron chi connectivity index (χ4n) is 3.25. The minimum Gasteiger partial charge on any atom is -0.494 e. The van der Waals surface area contributed by atoms with Crippen LogP contribution in [0.1, 0.15) is 12.5 Å². The Balaban J connectivity index is 1.87. The Morgan fingerprint density at radius 3 is 2.80 bits per heavy atom. The number of nitrogens with one attached hydrogen (secondary N) is 1. The van der Waals surface area contributed by atoms with Crippen LogP contribution in [0.5, 0.6) is 11.6 Å². The molecule has 7 nitrogen and oxygen atoms in total. The van der Waals surface area contributed by atoms with Gasteiger partial charge in [-0.05, 0) is 25.1 Å². The standard InChI is InChI=1S/C20H16F3N5O2/c1-10(26-11-7-25-28(2)9-11)17-12-6-14(24-8-15(12)27-19(17)29)18-13(21)4-3-5-16(18)30-20(22)23/h3-9,20,27,29H,1-2H3. The summed E-state index contributed by atoms with van der Waals surface area (Å²) in [6.07, 6.45) is 4.65. The number of aromatic nitrogens is 4. The van der Waals surface area contributed by atoms with Gasteiger partial charge in [0.25, 0.3) is 0 Å². The number of halogens is 3. The summed E-state index contributed by atoms with van der Waals surface area (Å²) >= 11 is 0. The summed E-state index contributed by atoms with van der Waals surface area (Å²) in [5.41, 5.74) is 1.78. The number of alkyl halides is 2. The van der Waals surface area contributed by atoms with Crippen molar-refractivity contribution in [2.45, 2.75) is 13.5 Å². The highest BCUT2D eigenvalue weighted by Crippen LogP contribution is 2.36. The average molecular weight is 415 g/mol. The second kappa shape index (κ2) is 7.54. The molecule has 0 radical (unpaired) electrons. The maximum absolute atomic E-state index is 14.5. The Bertz CT molecular complexity index is 1260. The number of aromatic amines is 1. The first-order chi connectivity index (χ1) is 14.3. The van der Waals surface area contributed by atoms with Gasteiger partial charge in [0.15, 0.2) is 5.88 Å². The molecule has 30 heavy (non-hydrogen) atoms. The molecule has 0 fully saturated rings. The number of pyridine rings is 1. The van der Waals surface area contributed by atoms with Crippen LogP contribution in [0.15, 0.2) is 47.8 Å². The van der Waals surface area contributed by atoms with E-state index in [1.165, 1.54) is 24.4 Å². The zero-order valence-electron chi connectivity index (χ0n) is 15.9. The maximum atomic E-state index is 14.5. The molecule has 0 spiro atoms. The van der Waals surface area contributed by atoms with Crippen LogP contribution in [-0.4, -0.2) is 37.2 Å². The number of aromatic hydroxyl groups is 1. The van der Waals surface area contributed by atoms with E-state index in [-0.39, 0.29) is 22.9 Å². The van der Waals surface area contributed by atoms with Gasteiger partial charge in [0, 0.05) is 12.4 Å². The number of benzene rings is 1. The van der Waals surface area contributed by atoms with Gasteiger partial charge in [0.2, 0.25) is 0 Å². The highest BCUT2D eigenvalue weighted by molar-refractivity contribution is 6.13. The normalized spacial score (nSPS) is 12.1. The van der Waals surface area contributed by atoms with Gasteiger partial charge in [-0.1, -0.05) is 6.07 Å². The van der Waals surface area contributed by atoms with Crippen molar-refractivity contribution in [3.63, 3.8) is 0 Å². The largest absolute Gasteiger partial charge is 0.494 e. The summed E-state index contributed by atoms with van der Waals surface area (Å²) in [6, 6.07) is 5.12. The number of ether oxygens (including phenoxy) is 1. The van der Waals surface area contributed by atoms with E-state index < -0.39 is 12.4 Å². The van der Waals surface area contributed by atoms with Crippen LogP contribution in [0.25, 0.3) is 22.2 Å². The lowest BCUT2D eigenvalue weighted by atomic mass is 10.0. The molecule has 154 valence electrons. The number of aryl methyl sites for hydroxylation is 1. The quantitative estimate of drug-likeness (QED) is 0.468. The molecule has 0 amide bonds. The van der Waals surface area contributed by atoms with Gasteiger partial charge < -0.3 is 14.8 Å². The van der Waals surface area contributed by atoms with E-state index in [0.29, 0.717) is 27.9 Å². The van der Waals surface area contributed by atoms with Gasteiger partial charge >= 0.3 is 6.61 Å². The molecular formula is C20H16F3N5O2. The van der Waals surface area contributed by atoms with Gasteiger partial charge in [-0.3, -0.25) is 9.67 Å². The lowest BCUT2D eigenvalue weighted by molar-refractivity contribution is -0.0495. The number of rotatable bonds is 5. The number of nitrogens with zero attached hydrogens (tertiary/aromatic N) is 4. The molecule has 0 saturated heterocycles. The fourth-order valence-corrected chi connectivity index (χ4v) is 3.25. The molecule has 0 bridgehead atoms. The molecule has 4 aromatic rings. The molecule has 4 rings (SSSR count). The van der Waals surface area contributed by atoms with E-state index in [1.807, 2.05) is 0 Å². The molecular weight excluding hydrogens is 399 g/mol. The molecule has 0 aliphatic heterocycles. The third-order valence-electron chi connectivity index (χ3n) is 4.46. The Hall–Kier alpha value is -3.82. The number of hydrogen-bond acceptors (Lipinski definition) is 5. The lowest BCUT2D eigenvalue weighted by Crippen LogP contribution is -2.04. The maximum Gasteiger partial charge on any atom is 0.387 e. The summed E-state index contributed by atoms with van der Waals surface area (Å²) in [5, 5.41) is 14.9. The molecule has 2 N–H and O–H groups in total. The van der Waals surface area contributed by atoms with Gasteiger partial charge in [-0.25, -0.2) is 9.38 Å². The first kappa shape index (κ1) is 19.5. The van der Waals surface area contributed by atoms with Crippen molar-refractivity contribution in [2.75, 3.05) is 0 Å². The SMILES string of the molecule is CC(=Nc1cnn(C)c1)c1c(O)[nH]c2cnc(-c3c(F)cccc3OC(F)F)cc12. The van der Waals surface area contributed by atoms with Crippen molar-refractivity contribution in [1.82, 2.24) is 19.7 Å². The van der Waals surface area contributed by atoms with Crippen molar-refractivity contribution in [2.24, 2.45) is 12.0 Å². The summed E-state index contributed by atoms with van der Waals surface area (Å²) in [5.74, 6) is -1.24. The van der Waals surface area contributed by atoms with Crippen molar-refractivity contribution < 1.29 is 23.0 Å². The fraction of sp³-hybridized carbons (Fsp3) is 0.150. The third kappa shape index (κ3) is 3.59. The van der Waals surface area contributed by atoms with Crippen molar-refractivity contribution in [3.05, 3.63) is 54.2 Å². The second-order valence-electron chi connectivity index (χ2n) is 6.52. The number of hydrogen-bond donors (Lipinski definition) is 2. The van der Waals surface area contributed by atoms with Crippen LogP contribution in [0.3, 0.4) is 0 Å². The summed E-state index contributed by atoms with van der Waals surface area (Å²) in [7, 11) is 1.75. The van der Waals surface area contributed by atoms with Gasteiger partial charge in [-0.2, -0.15) is 13.9 Å². The highest BCUT2D eigenvalue weighted by Gasteiger charge is 2.20. The molecule has 0 aliphatic rings. The minimum absolute atomic E-state index is 0.0747. The van der Waals surface area contributed by atoms with Crippen LogP contribution in [-0.2, 0) is 7.05 Å². The van der Waals surface area contributed by atoms with Gasteiger partial charge in [-0.15, -0.1) is 0 Å². The van der Waals surface area contributed by atoms with Crippen molar-refractivity contribution in [3.8, 4) is 22.9 Å². The number of fused-ring (bicyclic) bond motifs is 1. The van der Waals surface area contributed by atoms with E-state index in [9.17, 15) is 18.3 Å². The summed E-state index contributed by atoms with van der Waals surface area (Å²) in [6.45, 7) is -1.42. The van der Waals surface area contributed by atoms with Gasteiger partial charge in [0.1, 0.15) is 17.3 Å². The molecule has 3 aromatic heterocycles. The molecule has 0 aliphatic carbocycles. The van der Waals surface area contributed by atoms with E-state index in [0.717, 1.165) is 6.07 Å². The monoisotopic (exact) mass is 415 g/mol. The molecule has 0 unspecified atom stereocenters. The van der Waals surface area contributed by atoms with Crippen molar-refractivity contribution >= 4 is 22.3 Å². The van der Waals surface area contributed by atoms with Crippen LogP contribution < -0.4 is 4.74 Å². The Morgan fingerprint density at radius 1 is 1.30 bits per heavy atom. The van der Waals surface area contributed by atoms with E-state index in [1.54, 1.807) is 31.0 Å². The van der Waals surface area contributed by atoms with Crippen LogP contribution >= 0.6 is 0 Å². The van der Waals surface area contributed by atoms with E-state index in [2.05, 4.69) is 24.8 Å². The number of H-pyrrole nitrogens is 1. The first-order valence-corrected chi connectivity index (χ1v) is 8.82. The number of aliphatic imine (C=N–C) groups is 1. The van der Waals surface area contributed by atoms with E-state index >= 15 is 0 Å². The predicted octanol–water partition coefficient (Wildman–Crippen LogP) is 4.55. The molecule has 0 atom stereocenters. The van der Waals surface area contributed by atoms with Crippen molar-refractivity contribution in [1.29, 1.82) is 0 Å². The zero-order valence-corrected chi connectivity index (χ0v) is 15.9. The molecule has 1 aromatic carbocycles.